The number of benzene rings is 1. The molecular formula is C18H26O5. The zero-order chi connectivity index (χ0) is 16.5. The van der Waals surface area contributed by atoms with Crippen molar-refractivity contribution in [3.05, 3.63) is 29.8 Å². The third-order valence-corrected chi connectivity index (χ3v) is 3.74. The van der Waals surface area contributed by atoms with Crippen LogP contribution >= 0.6 is 0 Å². The van der Waals surface area contributed by atoms with Crippen LogP contribution in [0.3, 0.4) is 0 Å². The van der Waals surface area contributed by atoms with Gasteiger partial charge in [-0.2, -0.15) is 0 Å². The fourth-order valence-electron chi connectivity index (χ4n) is 2.38. The Bertz CT molecular complexity index is 465. The van der Waals surface area contributed by atoms with Crippen LogP contribution in [0.25, 0.3) is 0 Å². The van der Waals surface area contributed by atoms with Crippen LogP contribution in [0.5, 0.6) is 5.75 Å². The third kappa shape index (κ3) is 5.84. The first kappa shape index (κ1) is 17.8. The minimum atomic E-state index is -0.316. The summed E-state index contributed by atoms with van der Waals surface area (Å²) in [6, 6.07) is 6.96. The van der Waals surface area contributed by atoms with E-state index in [0.717, 1.165) is 32.3 Å². The van der Waals surface area contributed by atoms with Crippen LogP contribution in [0, 0.1) is 0 Å². The molecule has 0 aromatic heterocycles. The van der Waals surface area contributed by atoms with Crippen molar-refractivity contribution >= 4 is 5.97 Å². The van der Waals surface area contributed by atoms with Gasteiger partial charge < -0.3 is 18.9 Å². The lowest BCUT2D eigenvalue weighted by molar-refractivity contribution is -0.193. The van der Waals surface area contributed by atoms with Gasteiger partial charge in [0.15, 0.2) is 6.29 Å². The molecule has 0 saturated carbocycles. The van der Waals surface area contributed by atoms with E-state index >= 15 is 0 Å². The first-order valence-corrected chi connectivity index (χ1v) is 8.40. The molecule has 0 spiro atoms. The van der Waals surface area contributed by atoms with Gasteiger partial charge in [-0.15, -0.1) is 0 Å². The second kappa shape index (κ2) is 9.53. The lowest BCUT2D eigenvalue weighted by Gasteiger charge is -2.27. The van der Waals surface area contributed by atoms with Crippen LogP contribution in [0.2, 0.25) is 0 Å². The maximum Gasteiger partial charge on any atom is 0.338 e. The second-order valence-corrected chi connectivity index (χ2v) is 5.52. The highest BCUT2D eigenvalue weighted by atomic mass is 16.7. The number of carbonyl (C=O) groups is 1. The number of hydrogen-bond donors (Lipinski definition) is 0. The van der Waals surface area contributed by atoms with Gasteiger partial charge in [-0.05, 0) is 56.9 Å². The van der Waals surface area contributed by atoms with Crippen LogP contribution < -0.4 is 4.74 Å². The molecule has 5 heteroatoms. The first-order valence-electron chi connectivity index (χ1n) is 8.40. The predicted molar refractivity (Wildman–Crippen MR) is 86.6 cm³/mol. The SMILES string of the molecule is CCOC(=O)c1ccc(OCC(CC)OC2CCCCO2)cc1. The van der Waals surface area contributed by atoms with E-state index in [4.69, 9.17) is 18.9 Å². The number of rotatable bonds is 8. The average Bonchev–Trinajstić information content (AvgIpc) is 2.60. The zero-order valence-electron chi connectivity index (χ0n) is 14.0. The van der Waals surface area contributed by atoms with Crippen molar-refractivity contribution in [1.29, 1.82) is 0 Å². The molecule has 1 heterocycles. The fraction of sp³-hybridized carbons (Fsp3) is 0.611. The molecule has 128 valence electrons. The summed E-state index contributed by atoms with van der Waals surface area (Å²) in [6.45, 7) is 5.47. The molecule has 5 nitrogen and oxygen atoms in total. The molecule has 0 N–H and O–H groups in total. The molecule has 1 fully saturated rings. The summed E-state index contributed by atoms with van der Waals surface area (Å²) in [5.41, 5.74) is 0.526. The lowest BCUT2D eigenvalue weighted by atomic mass is 10.2. The lowest BCUT2D eigenvalue weighted by Crippen LogP contribution is -2.31. The predicted octanol–water partition coefficient (Wildman–Crippen LogP) is 3.56. The second-order valence-electron chi connectivity index (χ2n) is 5.52. The molecule has 2 atom stereocenters. The molecule has 1 aliphatic heterocycles. The van der Waals surface area contributed by atoms with Crippen LogP contribution in [0.15, 0.2) is 24.3 Å². The summed E-state index contributed by atoms with van der Waals surface area (Å²) in [4.78, 5) is 11.6. The Morgan fingerprint density at radius 2 is 2.04 bits per heavy atom. The summed E-state index contributed by atoms with van der Waals surface area (Å²) in [7, 11) is 0. The zero-order valence-corrected chi connectivity index (χ0v) is 14.0. The highest BCUT2D eigenvalue weighted by Gasteiger charge is 2.19. The third-order valence-electron chi connectivity index (χ3n) is 3.74. The van der Waals surface area contributed by atoms with E-state index < -0.39 is 0 Å². The molecule has 23 heavy (non-hydrogen) atoms. The van der Waals surface area contributed by atoms with Crippen molar-refractivity contribution in [2.45, 2.75) is 51.9 Å². The highest BCUT2D eigenvalue weighted by Crippen LogP contribution is 2.18. The van der Waals surface area contributed by atoms with Crippen LogP contribution in [-0.4, -0.2) is 38.2 Å². The van der Waals surface area contributed by atoms with Gasteiger partial charge >= 0.3 is 5.97 Å². The Morgan fingerprint density at radius 1 is 1.26 bits per heavy atom. The van der Waals surface area contributed by atoms with Crippen molar-refractivity contribution in [3.8, 4) is 5.75 Å². The molecule has 2 rings (SSSR count). The molecular weight excluding hydrogens is 296 g/mol. The van der Waals surface area contributed by atoms with E-state index in [-0.39, 0.29) is 18.4 Å². The van der Waals surface area contributed by atoms with E-state index in [2.05, 4.69) is 6.92 Å². The van der Waals surface area contributed by atoms with Gasteiger partial charge in [0.1, 0.15) is 12.4 Å². The normalized spacial score (nSPS) is 19.1. The quantitative estimate of drug-likeness (QED) is 0.685. The maximum absolute atomic E-state index is 11.6. The van der Waals surface area contributed by atoms with Crippen molar-refractivity contribution in [3.63, 3.8) is 0 Å². The van der Waals surface area contributed by atoms with Crippen LogP contribution in [0.4, 0.5) is 0 Å². The minimum Gasteiger partial charge on any atom is -0.491 e. The first-order chi connectivity index (χ1) is 11.2. The van der Waals surface area contributed by atoms with E-state index in [0.29, 0.717) is 24.5 Å². The van der Waals surface area contributed by atoms with Gasteiger partial charge in [0.05, 0.1) is 18.3 Å². The van der Waals surface area contributed by atoms with Gasteiger partial charge in [0.25, 0.3) is 0 Å². The number of ether oxygens (including phenoxy) is 4. The molecule has 0 radical (unpaired) electrons. The number of hydrogen-bond acceptors (Lipinski definition) is 5. The van der Waals surface area contributed by atoms with E-state index in [1.165, 1.54) is 0 Å². The number of carbonyl (C=O) groups excluding carboxylic acids is 1. The summed E-state index contributed by atoms with van der Waals surface area (Å²) < 4.78 is 22.2. The van der Waals surface area contributed by atoms with Gasteiger partial charge in [0.2, 0.25) is 0 Å². The van der Waals surface area contributed by atoms with E-state index in [9.17, 15) is 4.79 Å². The molecule has 2 unspecified atom stereocenters. The molecule has 0 bridgehead atoms. The molecule has 1 aromatic rings. The molecule has 1 aromatic carbocycles. The Kier molecular flexibility index (Phi) is 7.36. The van der Waals surface area contributed by atoms with Crippen molar-refractivity contribution < 1.29 is 23.7 Å². The Morgan fingerprint density at radius 3 is 2.65 bits per heavy atom. The highest BCUT2D eigenvalue weighted by molar-refractivity contribution is 5.89. The smallest absolute Gasteiger partial charge is 0.338 e. The summed E-state index contributed by atoms with van der Waals surface area (Å²) in [5, 5.41) is 0. The Hall–Kier alpha value is -1.59. The standard InChI is InChI=1S/C18H26O5/c1-3-15(23-17-7-5-6-12-21-17)13-22-16-10-8-14(9-11-16)18(19)20-4-2/h8-11,15,17H,3-7,12-13H2,1-2H3. The topological polar surface area (TPSA) is 54.0 Å². The fourth-order valence-corrected chi connectivity index (χ4v) is 2.38. The van der Waals surface area contributed by atoms with Crippen molar-refractivity contribution in [2.24, 2.45) is 0 Å². The van der Waals surface area contributed by atoms with Crippen LogP contribution in [0.1, 0.15) is 49.9 Å². The molecule has 1 aliphatic rings. The monoisotopic (exact) mass is 322 g/mol. The van der Waals surface area contributed by atoms with Crippen LogP contribution in [-0.2, 0) is 14.2 Å². The minimum absolute atomic E-state index is 0.00262. The van der Waals surface area contributed by atoms with Gasteiger partial charge in [0, 0.05) is 6.61 Å². The number of esters is 1. The summed E-state index contributed by atoms with van der Waals surface area (Å²) in [5.74, 6) is 0.396. The van der Waals surface area contributed by atoms with Gasteiger partial charge in [-0.25, -0.2) is 4.79 Å². The Labute approximate surface area is 137 Å². The van der Waals surface area contributed by atoms with Gasteiger partial charge in [-0.3, -0.25) is 0 Å². The summed E-state index contributed by atoms with van der Waals surface area (Å²) >= 11 is 0. The maximum atomic E-state index is 11.6. The molecule has 1 saturated heterocycles. The van der Waals surface area contributed by atoms with Gasteiger partial charge in [-0.1, -0.05) is 6.92 Å². The van der Waals surface area contributed by atoms with E-state index in [1.54, 1.807) is 31.2 Å². The van der Waals surface area contributed by atoms with E-state index in [1.807, 2.05) is 0 Å². The molecule has 0 amide bonds. The van der Waals surface area contributed by atoms with Crippen molar-refractivity contribution in [1.82, 2.24) is 0 Å². The average molecular weight is 322 g/mol. The largest absolute Gasteiger partial charge is 0.491 e. The Balaban J connectivity index is 1.80. The van der Waals surface area contributed by atoms with Crippen molar-refractivity contribution in [2.75, 3.05) is 19.8 Å². The molecule has 0 aliphatic carbocycles. The summed E-state index contributed by atoms with van der Waals surface area (Å²) in [6.07, 6.45) is 3.97.